The highest BCUT2D eigenvalue weighted by molar-refractivity contribution is 5.98. The lowest BCUT2D eigenvalue weighted by molar-refractivity contribution is -0.119. The van der Waals surface area contributed by atoms with Crippen molar-refractivity contribution in [3.05, 3.63) is 124 Å². The molecular weight excluding hydrogens is 649 g/mol. The Bertz CT molecular complexity index is 1910. The minimum absolute atomic E-state index is 0.0376. The number of hydrogen-bond acceptors (Lipinski definition) is 7. The number of pyridine rings is 1. The molecule has 0 aliphatic carbocycles. The third-order valence-corrected chi connectivity index (χ3v) is 9.21. The second kappa shape index (κ2) is 14.7. The summed E-state index contributed by atoms with van der Waals surface area (Å²) in [5.41, 5.74) is 11.0. The van der Waals surface area contributed by atoms with E-state index >= 15 is 4.39 Å². The standard InChI is InChI=1S/C37H37F3N6O4/c1-20-14-29-30(15-21(20)2)45-36(44-29)31-19-50-26(16-43-31)12-13-27-28(40)17-42-18-32(27)46(37(48)49-3)34(35(41)47)33(22-4-8-24(38)9-5-22)23-6-10-25(39)11-7-23/h4-11,14-15,17-18,26,31,33-34,43H,12-13,16,19H2,1-3H3,(H2,41,47)(H,44,45)/t26-,31+,34+/m1/s1. The number of carbonyl (C=O) groups excluding carboxylic acids is 2. The van der Waals surface area contributed by atoms with E-state index in [1.807, 2.05) is 19.9 Å². The highest BCUT2D eigenvalue weighted by Crippen LogP contribution is 2.36. The summed E-state index contributed by atoms with van der Waals surface area (Å²) in [6.45, 7) is 4.86. The fraction of sp³-hybridized carbons (Fsp3) is 0.297. The van der Waals surface area contributed by atoms with Gasteiger partial charge in [0.1, 0.15) is 29.3 Å². The van der Waals surface area contributed by atoms with Gasteiger partial charge in [0, 0.05) is 18.0 Å². The molecule has 3 heterocycles. The number of primary amides is 1. The van der Waals surface area contributed by atoms with E-state index < -0.39 is 41.4 Å². The van der Waals surface area contributed by atoms with E-state index in [4.69, 9.17) is 20.2 Å². The van der Waals surface area contributed by atoms with Gasteiger partial charge in [-0.05, 0) is 85.3 Å². The predicted molar refractivity (Wildman–Crippen MR) is 181 cm³/mol. The Kier molecular flexibility index (Phi) is 10.2. The number of imidazole rings is 1. The summed E-state index contributed by atoms with van der Waals surface area (Å²) in [5.74, 6) is -3.01. The first-order valence-electron chi connectivity index (χ1n) is 16.2. The van der Waals surface area contributed by atoms with Crippen molar-refractivity contribution in [3.8, 4) is 0 Å². The number of carbonyl (C=O) groups is 2. The molecule has 13 heteroatoms. The molecule has 1 fully saturated rings. The van der Waals surface area contributed by atoms with Crippen LogP contribution in [0.1, 0.15) is 52.0 Å². The van der Waals surface area contributed by atoms with Gasteiger partial charge in [0.15, 0.2) is 0 Å². The van der Waals surface area contributed by atoms with Crippen molar-refractivity contribution in [3.63, 3.8) is 0 Å². The van der Waals surface area contributed by atoms with Gasteiger partial charge in [-0.15, -0.1) is 0 Å². The van der Waals surface area contributed by atoms with Crippen molar-refractivity contribution in [2.75, 3.05) is 25.2 Å². The number of H-pyrrole nitrogens is 1. The van der Waals surface area contributed by atoms with Crippen LogP contribution >= 0.6 is 0 Å². The largest absolute Gasteiger partial charge is 0.452 e. The lowest BCUT2D eigenvalue weighted by atomic mass is 9.83. The number of benzene rings is 3. The Morgan fingerprint density at radius 2 is 1.64 bits per heavy atom. The summed E-state index contributed by atoms with van der Waals surface area (Å²) in [4.78, 5) is 40.0. The molecule has 10 nitrogen and oxygen atoms in total. The first-order chi connectivity index (χ1) is 24.0. The van der Waals surface area contributed by atoms with Crippen molar-refractivity contribution < 1.29 is 32.2 Å². The third kappa shape index (κ3) is 7.19. The number of nitrogens with zero attached hydrogens (tertiary/aromatic N) is 3. The van der Waals surface area contributed by atoms with Gasteiger partial charge in [0.2, 0.25) is 5.91 Å². The smallest absolute Gasteiger partial charge is 0.414 e. The normalized spacial score (nSPS) is 16.8. The van der Waals surface area contributed by atoms with Crippen LogP contribution < -0.4 is 16.0 Å². The number of ether oxygens (including phenoxy) is 2. The summed E-state index contributed by atoms with van der Waals surface area (Å²) >= 11 is 0. The summed E-state index contributed by atoms with van der Waals surface area (Å²) in [5, 5.41) is 3.46. The number of fused-ring (bicyclic) bond motifs is 1. The number of aryl methyl sites for hydroxylation is 2. The molecule has 0 spiro atoms. The maximum atomic E-state index is 15.7. The number of halogens is 3. The number of amides is 2. The van der Waals surface area contributed by atoms with Crippen LogP contribution in [-0.2, 0) is 20.7 Å². The molecule has 1 saturated heterocycles. The van der Waals surface area contributed by atoms with Gasteiger partial charge in [-0.3, -0.25) is 14.7 Å². The fourth-order valence-corrected chi connectivity index (χ4v) is 6.45. The molecule has 0 bridgehead atoms. The minimum atomic E-state index is -1.52. The van der Waals surface area contributed by atoms with Crippen LogP contribution in [0.25, 0.3) is 11.0 Å². The zero-order valence-electron chi connectivity index (χ0n) is 27.8. The van der Waals surface area contributed by atoms with Crippen LogP contribution in [0, 0.1) is 31.3 Å². The highest BCUT2D eigenvalue weighted by Gasteiger charge is 2.40. The van der Waals surface area contributed by atoms with Gasteiger partial charge in [0.25, 0.3) is 0 Å². The lowest BCUT2D eigenvalue weighted by Gasteiger charge is -2.36. The maximum absolute atomic E-state index is 15.7. The summed E-state index contributed by atoms with van der Waals surface area (Å²) in [6.07, 6.45) is 1.41. The quantitative estimate of drug-likeness (QED) is 0.166. The number of nitrogens with two attached hydrogens (primary N) is 1. The third-order valence-electron chi connectivity index (χ3n) is 9.21. The Balaban J connectivity index is 1.27. The van der Waals surface area contributed by atoms with Gasteiger partial charge < -0.3 is 25.5 Å². The molecule has 0 radical (unpaired) electrons. The fourth-order valence-electron chi connectivity index (χ4n) is 6.45. The number of methoxy groups -OCH3 is 1. The van der Waals surface area contributed by atoms with E-state index in [0.717, 1.165) is 46.2 Å². The van der Waals surface area contributed by atoms with Crippen molar-refractivity contribution >= 4 is 28.7 Å². The van der Waals surface area contributed by atoms with Crippen LogP contribution in [-0.4, -0.2) is 59.4 Å². The van der Waals surface area contributed by atoms with Gasteiger partial charge in [0.05, 0.1) is 55.0 Å². The van der Waals surface area contributed by atoms with Crippen LogP contribution in [0.5, 0.6) is 0 Å². The zero-order valence-corrected chi connectivity index (χ0v) is 27.8. The van der Waals surface area contributed by atoms with Crippen molar-refractivity contribution in [2.24, 2.45) is 5.73 Å². The molecule has 3 aromatic carbocycles. The molecule has 4 N–H and O–H groups in total. The average molecular weight is 687 g/mol. The van der Waals surface area contributed by atoms with Gasteiger partial charge in [-0.25, -0.2) is 22.9 Å². The lowest BCUT2D eigenvalue weighted by Crippen LogP contribution is -2.52. The van der Waals surface area contributed by atoms with E-state index in [9.17, 15) is 18.4 Å². The second-order valence-corrected chi connectivity index (χ2v) is 12.4. The topological polar surface area (TPSA) is 135 Å². The number of aromatic amines is 1. The van der Waals surface area contributed by atoms with Crippen molar-refractivity contribution in [1.29, 1.82) is 0 Å². The Morgan fingerprint density at radius 1 is 1.00 bits per heavy atom. The highest BCUT2D eigenvalue weighted by atomic mass is 19.1. The average Bonchev–Trinajstić information content (AvgIpc) is 3.51. The minimum Gasteiger partial charge on any atom is -0.452 e. The van der Waals surface area contributed by atoms with Crippen LogP contribution in [0.4, 0.5) is 23.7 Å². The molecule has 3 atom stereocenters. The number of anilines is 1. The van der Waals surface area contributed by atoms with E-state index in [1.54, 1.807) is 0 Å². The molecule has 0 unspecified atom stereocenters. The molecule has 0 saturated carbocycles. The SMILES string of the molecule is COC(=O)N(c1cncc(F)c1CC[C@@H]1CN[C@H](c2nc3cc(C)c(C)cc3[nH]2)CO1)[C@H](C(N)=O)C(c1ccc(F)cc1)c1ccc(F)cc1. The van der Waals surface area contributed by atoms with Crippen LogP contribution in [0.2, 0.25) is 0 Å². The predicted octanol–water partition coefficient (Wildman–Crippen LogP) is 5.91. The second-order valence-electron chi connectivity index (χ2n) is 12.4. The molecule has 1 aliphatic rings. The Hall–Kier alpha value is -5.27. The number of morpholine rings is 1. The Labute approximate surface area is 286 Å². The molecule has 50 heavy (non-hydrogen) atoms. The van der Waals surface area contributed by atoms with Crippen molar-refractivity contribution in [1.82, 2.24) is 20.3 Å². The van der Waals surface area contributed by atoms with Crippen LogP contribution in [0.3, 0.4) is 0 Å². The van der Waals surface area contributed by atoms with E-state index in [0.29, 0.717) is 30.7 Å². The van der Waals surface area contributed by atoms with Gasteiger partial charge in [-0.2, -0.15) is 0 Å². The van der Waals surface area contributed by atoms with E-state index in [2.05, 4.69) is 21.4 Å². The molecule has 6 rings (SSSR count). The molecule has 5 aromatic rings. The first kappa shape index (κ1) is 34.6. The molecule has 2 amide bonds. The van der Waals surface area contributed by atoms with Crippen LogP contribution in [0.15, 0.2) is 73.1 Å². The monoisotopic (exact) mass is 686 g/mol. The van der Waals surface area contributed by atoms with Crippen molar-refractivity contribution in [2.45, 2.75) is 50.8 Å². The number of aromatic nitrogens is 3. The van der Waals surface area contributed by atoms with E-state index in [-0.39, 0.29) is 29.8 Å². The number of rotatable bonds is 10. The summed E-state index contributed by atoms with van der Waals surface area (Å²) in [6, 6.07) is 12.9. The summed E-state index contributed by atoms with van der Waals surface area (Å²) in [7, 11) is 1.12. The van der Waals surface area contributed by atoms with Gasteiger partial charge in [-0.1, -0.05) is 24.3 Å². The number of nitrogens with one attached hydrogen (secondary N) is 2. The summed E-state index contributed by atoms with van der Waals surface area (Å²) < 4.78 is 54.9. The molecular formula is C37H37F3N6O4. The molecule has 2 aromatic heterocycles. The van der Waals surface area contributed by atoms with E-state index in [1.165, 1.54) is 54.7 Å². The zero-order chi connectivity index (χ0) is 35.5. The molecule has 260 valence electrons. The number of hydrogen-bond donors (Lipinski definition) is 3. The Morgan fingerprint density at radius 3 is 2.22 bits per heavy atom. The first-order valence-corrected chi connectivity index (χ1v) is 16.2. The maximum Gasteiger partial charge on any atom is 0.414 e. The molecule has 1 aliphatic heterocycles. The van der Waals surface area contributed by atoms with Gasteiger partial charge >= 0.3 is 6.09 Å².